The fourth-order valence-corrected chi connectivity index (χ4v) is 4.46. The van der Waals surface area contributed by atoms with Crippen molar-refractivity contribution < 1.29 is 19.2 Å². The van der Waals surface area contributed by atoms with E-state index in [1.807, 2.05) is 54.6 Å². The first-order chi connectivity index (χ1) is 15.1. The van der Waals surface area contributed by atoms with Crippen LogP contribution < -0.4 is 14.7 Å². The second kappa shape index (κ2) is 7.83. The minimum atomic E-state index is -0.886. The Balaban J connectivity index is 1.56. The number of ether oxygens (including phenoxy) is 1. The lowest BCUT2D eigenvalue weighted by molar-refractivity contribution is -0.126. The van der Waals surface area contributed by atoms with E-state index >= 15 is 0 Å². The van der Waals surface area contributed by atoms with Crippen molar-refractivity contribution in [1.82, 2.24) is 0 Å². The predicted octanol–water partition coefficient (Wildman–Crippen LogP) is 4.51. The van der Waals surface area contributed by atoms with E-state index in [1.165, 1.54) is 4.90 Å². The van der Waals surface area contributed by atoms with Crippen LogP contribution in [0.2, 0.25) is 0 Å². The van der Waals surface area contributed by atoms with E-state index in [0.29, 0.717) is 11.4 Å². The molecule has 156 valence electrons. The van der Waals surface area contributed by atoms with Crippen molar-refractivity contribution in [2.24, 2.45) is 5.92 Å². The summed E-state index contributed by atoms with van der Waals surface area (Å²) in [6, 6.07) is 23.7. The van der Waals surface area contributed by atoms with Gasteiger partial charge in [0.05, 0.1) is 24.5 Å². The number of fused-ring (bicyclic) bond motifs is 1. The van der Waals surface area contributed by atoms with Gasteiger partial charge in [-0.3, -0.25) is 14.4 Å². The van der Waals surface area contributed by atoms with Crippen molar-refractivity contribution in [2.75, 3.05) is 17.1 Å². The zero-order chi connectivity index (χ0) is 21.5. The second-order valence-corrected chi connectivity index (χ2v) is 8.34. The number of benzene rings is 3. The van der Waals surface area contributed by atoms with E-state index in [1.54, 1.807) is 36.4 Å². The van der Waals surface area contributed by atoms with Crippen LogP contribution in [0.5, 0.6) is 5.75 Å². The van der Waals surface area contributed by atoms with Crippen LogP contribution in [0.25, 0.3) is 0 Å². The number of halogens is 1. The highest BCUT2D eigenvalue weighted by Gasteiger charge is 2.60. The van der Waals surface area contributed by atoms with Crippen LogP contribution >= 0.6 is 15.9 Å². The van der Waals surface area contributed by atoms with E-state index in [2.05, 4.69) is 15.9 Å². The normalized spacial score (nSPS) is 22.7. The molecule has 0 radical (unpaired) electrons. The molecule has 7 heteroatoms. The Hall–Kier alpha value is -3.16. The number of rotatable bonds is 4. The van der Waals surface area contributed by atoms with Crippen LogP contribution in [0, 0.1) is 5.92 Å². The summed E-state index contributed by atoms with van der Waals surface area (Å²) in [6.07, 6.45) is -0.886. The number of para-hydroxylation sites is 1. The highest BCUT2D eigenvalue weighted by Crippen LogP contribution is 2.47. The van der Waals surface area contributed by atoms with Crippen LogP contribution in [0.1, 0.15) is 11.6 Å². The third kappa shape index (κ3) is 3.30. The van der Waals surface area contributed by atoms with Gasteiger partial charge in [-0.05, 0) is 54.1 Å². The molecule has 2 saturated heterocycles. The van der Waals surface area contributed by atoms with E-state index < -0.39 is 18.1 Å². The van der Waals surface area contributed by atoms with Crippen molar-refractivity contribution >= 4 is 39.1 Å². The Kier molecular flexibility index (Phi) is 5.00. The summed E-state index contributed by atoms with van der Waals surface area (Å²) in [5.74, 6) is -0.634. The Morgan fingerprint density at radius 3 is 2.16 bits per heavy atom. The fourth-order valence-electron chi connectivity index (χ4n) is 4.20. The molecule has 5 rings (SSSR count). The molecule has 6 nitrogen and oxygen atoms in total. The Morgan fingerprint density at radius 1 is 0.839 bits per heavy atom. The van der Waals surface area contributed by atoms with Crippen molar-refractivity contribution in [3.63, 3.8) is 0 Å². The minimum absolute atomic E-state index is 0.272. The largest absolute Gasteiger partial charge is 0.497 e. The van der Waals surface area contributed by atoms with Gasteiger partial charge in [0.15, 0.2) is 6.10 Å². The average Bonchev–Trinajstić information content (AvgIpc) is 3.31. The third-order valence-corrected chi connectivity index (χ3v) is 6.20. The van der Waals surface area contributed by atoms with Crippen LogP contribution in [0.3, 0.4) is 0 Å². The van der Waals surface area contributed by atoms with Gasteiger partial charge in [0.2, 0.25) is 5.91 Å². The van der Waals surface area contributed by atoms with E-state index in [4.69, 9.17) is 9.57 Å². The minimum Gasteiger partial charge on any atom is -0.497 e. The van der Waals surface area contributed by atoms with Gasteiger partial charge in [0.1, 0.15) is 11.7 Å². The monoisotopic (exact) mass is 478 g/mol. The average molecular weight is 479 g/mol. The maximum Gasteiger partial charge on any atom is 0.266 e. The lowest BCUT2D eigenvalue weighted by atomic mass is 9.90. The summed E-state index contributed by atoms with van der Waals surface area (Å²) in [5, 5.41) is 1.69. The van der Waals surface area contributed by atoms with E-state index in [9.17, 15) is 9.59 Å². The number of nitrogens with zero attached hydrogens (tertiary/aromatic N) is 2. The van der Waals surface area contributed by atoms with Crippen LogP contribution in [-0.4, -0.2) is 25.0 Å². The number of imide groups is 1. The second-order valence-electron chi connectivity index (χ2n) is 7.42. The quantitative estimate of drug-likeness (QED) is 0.516. The number of carbonyl (C=O) groups excluding carboxylic acids is 2. The molecule has 0 spiro atoms. The Bertz CT molecular complexity index is 1120. The van der Waals surface area contributed by atoms with Gasteiger partial charge in [-0.2, -0.15) is 0 Å². The summed E-state index contributed by atoms with van der Waals surface area (Å²) >= 11 is 3.46. The van der Waals surface area contributed by atoms with Crippen molar-refractivity contribution in [3.8, 4) is 5.75 Å². The molecule has 3 aromatic carbocycles. The van der Waals surface area contributed by atoms with Crippen molar-refractivity contribution in [2.45, 2.75) is 12.1 Å². The fraction of sp³-hybridized carbons (Fsp3) is 0.167. The molecule has 0 N–H and O–H groups in total. The van der Waals surface area contributed by atoms with Gasteiger partial charge in [-0.25, -0.2) is 9.96 Å². The molecule has 0 saturated carbocycles. The van der Waals surface area contributed by atoms with Crippen LogP contribution in [0.4, 0.5) is 11.4 Å². The SMILES string of the molecule is COc1ccc(N2C(=O)[C@H]3[C@@H](ON(c4ccccc4)[C@H]3c3ccc(Br)cc3)C2=O)cc1. The highest BCUT2D eigenvalue weighted by atomic mass is 79.9. The molecule has 2 aliphatic heterocycles. The summed E-state index contributed by atoms with van der Waals surface area (Å²) < 4.78 is 6.12. The zero-order valence-electron chi connectivity index (χ0n) is 16.6. The van der Waals surface area contributed by atoms with Gasteiger partial charge in [-0.15, -0.1) is 0 Å². The van der Waals surface area contributed by atoms with E-state index in [0.717, 1.165) is 15.7 Å². The summed E-state index contributed by atoms with van der Waals surface area (Å²) in [5.41, 5.74) is 2.20. The Labute approximate surface area is 188 Å². The summed E-state index contributed by atoms with van der Waals surface area (Å²) in [6.45, 7) is 0. The number of anilines is 2. The van der Waals surface area contributed by atoms with Crippen molar-refractivity contribution in [1.29, 1.82) is 0 Å². The third-order valence-electron chi connectivity index (χ3n) is 5.67. The van der Waals surface area contributed by atoms with Gasteiger partial charge in [0.25, 0.3) is 5.91 Å². The molecular weight excluding hydrogens is 460 g/mol. The number of amides is 2. The molecule has 2 amide bonds. The summed E-state index contributed by atoms with van der Waals surface area (Å²) in [7, 11) is 1.57. The lowest BCUT2D eigenvalue weighted by Crippen LogP contribution is -2.37. The Morgan fingerprint density at radius 2 is 1.52 bits per heavy atom. The maximum atomic E-state index is 13.5. The molecule has 2 heterocycles. The van der Waals surface area contributed by atoms with Crippen LogP contribution in [0.15, 0.2) is 83.3 Å². The molecule has 2 fully saturated rings. The first-order valence-corrected chi connectivity index (χ1v) is 10.7. The first-order valence-electron chi connectivity index (χ1n) is 9.87. The number of methoxy groups -OCH3 is 1. The lowest BCUT2D eigenvalue weighted by Gasteiger charge is -2.28. The predicted molar refractivity (Wildman–Crippen MR) is 120 cm³/mol. The van der Waals surface area contributed by atoms with Gasteiger partial charge < -0.3 is 4.74 Å². The molecule has 2 aliphatic rings. The maximum absolute atomic E-state index is 13.5. The first kappa shape index (κ1) is 19.8. The molecule has 0 aliphatic carbocycles. The highest BCUT2D eigenvalue weighted by molar-refractivity contribution is 9.10. The van der Waals surface area contributed by atoms with E-state index in [-0.39, 0.29) is 11.8 Å². The molecule has 0 unspecified atom stereocenters. The summed E-state index contributed by atoms with van der Waals surface area (Å²) in [4.78, 5) is 34.2. The molecule has 3 aromatic rings. The number of hydrogen-bond donors (Lipinski definition) is 0. The zero-order valence-corrected chi connectivity index (χ0v) is 18.2. The number of hydrogen-bond acceptors (Lipinski definition) is 5. The smallest absolute Gasteiger partial charge is 0.266 e. The van der Waals surface area contributed by atoms with Gasteiger partial charge in [-0.1, -0.05) is 46.3 Å². The van der Waals surface area contributed by atoms with Crippen molar-refractivity contribution in [3.05, 3.63) is 88.9 Å². The number of hydroxylamine groups is 1. The van der Waals surface area contributed by atoms with Gasteiger partial charge in [0, 0.05) is 4.47 Å². The molecule has 3 atom stereocenters. The standard InChI is InChI=1S/C24H19BrN2O4/c1-30-19-13-11-17(12-14-19)26-23(28)20-21(15-7-9-16(25)10-8-15)27(31-22(20)24(26)29)18-5-3-2-4-6-18/h2-14,20-22H,1H3/t20-,21+,22-/m1/s1. The topological polar surface area (TPSA) is 59.1 Å². The molecule has 31 heavy (non-hydrogen) atoms. The molecular formula is C24H19BrN2O4. The number of carbonyl (C=O) groups is 2. The van der Waals surface area contributed by atoms with Crippen LogP contribution in [-0.2, 0) is 14.4 Å². The molecule has 0 aromatic heterocycles. The molecule has 0 bridgehead atoms. The van der Waals surface area contributed by atoms with Gasteiger partial charge >= 0.3 is 0 Å².